The van der Waals surface area contributed by atoms with E-state index in [-0.39, 0.29) is 6.04 Å². The van der Waals surface area contributed by atoms with Crippen LogP contribution in [0.25, 0.3) is 5.78 Å². The lowest BCUT2D eigenvalue weighted by molar-refractivity contribution is 0.249. The summed E-state index contributed by atoms with van der Waals surface area (Å²) in [5.41, 5.74) is 2.13. The monoisotopic (exact) mass is 352 g/mol. The van der Waals surface area contributed by atoms with Gasteiger partial charge in [0, 0.05) is 23.9 Å². The van der Waals surface area contributed by atoms with E-state index in [2.05, 4.69) is 37.4 Å². The second-order valence-corrected chi connectivity index (χ2v) is 6.64. The maximum absolute atomic E-state index is 5.62. The molecule has 3 heterocycles. The van der Waals surface area contributed by atoms with Crippen LogP contribution in [0.5, 0.6) is 5.75 Å². The fraction of sp³-hybridized carbons (Fsp3) is 0.421. The minimum Gasteiger partial charge on any atom is -0.496 e. The Morgan fingerprint density at radius 2 is 2.04 bits per heavy atom. The number of aromatic nitrogens is 4. The number of nitrogens with one attached hydrogen (secondary N) is 1. The smallest absolute Gasteiger partial charge is 0.254 e. The van der Waals surface area contributed by atoms with Crippen molar-refractivity contribution in [1.29, 1.82) is 0 Å². The topological polar surface area (TPSA) is 67.6 Å². The number of benzene rings is 1. The minimum absolute atomic E-state index is 0.237. The molecular formula is C19H24N6O. The zero-order chi connectivity index (χ0) is 17.9. The third-order valence-corrected chi connectivity index (χ3v) is 4.94. The first-order valence-corrected chi connectivity index (χ1v) is 9.04. The number of aryl methyl sites for hydroxylation is 1. The Morgan fingerprint density at radius 3 is 2.85 bits per heavy atom. The lowest BCUT2D eigenvalue weighted by Crippen LogP contribution is -2.31. The lowest BCUT2D eigenvalue weighted by Gasteiger charge is -2.29. The molecule has 3 aromatic rings. The Balaban J connectivity index is 1.63. The summed E-state index contributed by atoms with van der Waals surface area (Å²) in [6.45, 7) is 4.95. The van der Waals surface area contributed by atoms with Gasteiger partial charge in [-0.2, -0.15) is 14.6 Å². The number of ether oxygens (including phenoxy) is 1. The van der Waals surface area contributed by atoms with Crippen molar-refractivity contribution in [3.63, 3.8) is 0 Å². The van der Waals surface area contributed by atoms with Gasteiger partial charge < -0.3 is 10.1 Å². The number of hydrogen-bond donors (Lipinski definition) is 1. The quantitative estimate of drug-likeness (QED) is 0.736. The van der Waals surface area contributed by atoms with Gasteiger partial charge in [-0.15, -0.1) is 0 Å². The molecular weight excluding hydrogens is 328 g/mol. The highest BCUT2D eigenvalue weighted by atomic mass is 16.5. The van der Waals surface area contributed by atoms with Crippen molar-refractivity contribution in [3.8, 4) is 5.75 Å². The molecule has 26 heavy (non-hydrogen) atoms. The van der Waals surface area contributed by atoms with Crippen LogP contribution >= 0.6 is 0 Å². The minimum atomic E-state index is 0.237. The third-order valence-electron chi connectivity index (χ3n) is 4.94. The van der Waals surface area contributed by atoms with E-state index in [0.29, 0.717) is 5.78 Å². The molecule has 1 saturated heterocycles. The summed E-state index contributed by atoms with van der Waals surface area (Å²) < 4.78 is 7.37. The van der Waals surface area contributed by atoms with Crippen LogP contribution in [-0.2, 0) is 0 Å². The fourth-order valence-electron chi connectivity index (χ4n) is 3.69. The average molecular weight is 352 g/mol. The maximum Gasteiger partial charge on any atom is 0.254 e. The van der Waals surface area contributed by atoms with Crippen molar-refractivity contribution in [2.75, 3.05) is 32.1 Å². The highest BCUT2D eigenvalue weighted by molar-refractivity contribution is 5.45. The first kappa shape index (κ1) is 16.8. The van der Waals surface area contributed by atoms with E-state index in [4.69, 9.17) is 4.74 Å². The molecule has 1 aliphatic heterocycles. The second kappa shape index (κ2) is 7.29. The molecule has 136 valence electrons. The van der Waals surface area contributed by atoms with Gasteiger partial charge in [0.05, 0.1) is 13.2 Å². The van der Waals surface area contributed by atoms with Gasteiger partial charge in [0.25, 0.3) is 5.78 Å². The number of methoxy groups -OCH3 is 1. The second-order valence-electron chi connectivity index (χ2n) is 6.64. The number of para-hydroxylation sites is 1. The summed E-state index contributed by atoms with van der Waals surface area (Å²) in [4.78, 5) is 11.1. The van der Waals surface area contributed by atoms with Crippen molar-refractivity contribution in [2.24, 2.45) is 0 Å². The molecule has 0 saturated carbocycles. The molecule has 1 aliphatic rings. The molecule has 4 rings (SSSR count). The molecule has 1 atom stereocenters. The molecule has 1 aromatic carbocycles. The SMILES string of the molecule is COc1ccccc1[C@@H](CNc1cc(C)nc2ncnn12)N1CCCC1. The summed E-state index contributed by atoms with van der Waals surface area (Å²) in [5, 5.41) is 7.85. The first-order valence-electron chi connectivity index (χ1n) is 9.04. The normalized spacial score (nSPS) is 16.1. The number of fused-ring (bicyclic) bond motifs is 1. The van der Waals surface area contributed by atoms with E-state index in [1.54, 1.807) is 11.6 Å². The average Bonchev–Trinajstić information content (AvgIpc) is 3.34. The zero-order valence-corrected chi connectivity index (χ0v) is 15.2. The molecule has 2 aromatic heterocycles. The Labute approximate surface area is 153 Å². The molecule has 0 radical (unpaired) electrons. The Morgan fingerprint density at radius 1 is 1.23 bits per heavy atom. The van der Waals surface area contributed by atoms with E-state index >= 15 is 0 Å². The molecule has 1 fully saturated rings. The Hall–Kier alpha value is -2.67. The first-order chi connectivity index (χ1) is 12.8. The molecule has 7 nitrogen and oxygen atoms in total. The van der Waals surface area contributed by atoms with Crippen LogP contribution in [0.4, 0.5) is 5.82 Å². The van der Waals surface area contributed by atoms with Crippen LogP contribution in [-0.4, -0.2) is 51.2 Å². The highest BCUT2D eigenvalue weighted by Crippen LogP contribution is 2.32. The molecule has 0 unspecified atom stereocenters. The number of anilines is 1. The van der Waals surface area contributed by atoms with Gasteiger partial charge in [-0.05, 0) is 38.9 Å². The van der Waals surface area contributed by atoms with Crippen LogP contribution < -0.4 is 10.1 Å². The number of nitrogens with zero attached hydrogens (tertiary/aromatic N) is 5. The van der Waals surface area contributed by atoms with Crippen LogP contribution in [0.3, 0.4) is 0 Å². The highest BCUT2D eigenvalue weighted by Gasteiger charge is 2.26. The lowest BCUT2D eigenvalue weighted by atomic mass is 10.0. The van der Waals surface area contributed by atoms with Crippen molar-refractivity contribution in [1.82, 2.24) is 24.5 Å². The Kier molecular flexibility index (Phi) is 4.71. The van der Waals surface area contributed by atoms with Crippen LogP contribution in [0, 0.1) is 6.92 Å². The zero-order valence-electron chi connectivity index (χ0n) is 15.2. The van der Waals surface area contributed by atoms with Gasteiger partial charge in [0.15, 0.2) is 0 Å². The van der Waals surface area contributed by atoms with Crippen molar-refractivity contribution < 1.29 is 4.74 Å². The van der Waals surface area contributed by atoms with Gasteiger partial charge in [-0.1, -0.05) is 18.2 Å². The molecule has 0 bridgehead atoms. The standard InChI is InChI=1S/C19H24N6O/c1-14-11-18(25-19(23-14)21-13-22-25)20-12-16(24-9-5-6-10-24)15-7-3-4-8-17(15)26-2/h3-4,7-8,11,13,16,20H,5-6,9-10,12H2,1-2H3/t16-/m1/s1. The van der Waals surface area contributed by atoms with Crippen molar-refractivity contribution in [3.05, 3.63) is 47.9 Å². The van der Waals surface area contributed by atoms with Gasteiger partial charge in [-0.3, -0.25) is 4.90 Å². The molecule has 0 amide bonds. The van der Waals surface area contributed by atoms with E-state index in [1.807, 2.05) is 25.1 Å². The van der Waals surface area contributed by atoms with Gasteiger partial charge in [-0.25, -0.2) is 4.98 Å². The maximum atomic E-state index is 5.62. The predicted molar refractivity (Wildman–Crippen MR) is 101 cm³/mol. The van der Waals surface area contributed by atoms with Crippen molar-refractivity contribution >= 4 is 11.6 Å². The third kappa shape index (κ3) is 3.22. The molecule has 0 aliphatic carbocycles. The van der Waals surface area contributed by atoms with E-state index in [9.17, 15) is 0 Å². The van der Waals surface area contributed by atoms with E-state index < -0.39 is 0 Å². The van der Waals surface area contributed by atoms with Crippen LogP contribution in [0.2, 0.25) is 0 Å². The summed E-state index contributed by atoms with van der Waals surface area (Å²) in [5.74, 6) is 2.45. The van der Waals surface area contributed by atoms with E-state index in [1.165, 1.54) is 24.7 Å². The molecule has 0 spiro atoms. The van der Waals surface area contributed by atoms with Gasteiger partial charge >= 0.3 is 0 Å². The predicted octanol–water partition coefficient (Wildman–Crippen LogP) is 2.69. The molecule has 7 heteroatoms. The number of likely N-dealkylation sites (tertiary alicyclic amines) is 1. The summed E-state index contributed by atoms with van der Waals surface area (Å²) >= 11 is 0. The fourth-order valence-corrected chi connectivity index (χ4v) is 3.69. The van der Waals surface area contributed by atoms with Gasteiger partial charge in [0.1, 0.15) is 17.9 Å². The van der Waals surface area contributed by atoms with E-state index in [0.717, 1.165) is 36.9 Å². The van der Waals surface area contributed by atoms with Crippen LogP contribution in [0.1, 0.15) is 30.1 Å². The molecule has 1 N–H and O–H groups in total. The summed E-state index contributed by atoms with van der Waals surface area (Å²) in [6.07, 6.45) is 4.02. The summed E-state index contributed by atoms with van der Waals surface area (Å²) in [7, 11) is 1.73. The Bertz CT molecular complexity index is 887. The number of rotatable bonds is 6. The largest absolute Gasteiger partial charge is 0.496 e. The van der Waals surface area contributed by atoms with Gasteiger partial charge in [0.2, 0.25) is 0 Å². The van der Waals surface area contributed by atoms with Crippen molar-refractivity contribution in [2.45, 2.75) is 25.8 Å². The number of hydrogen-bond acceptors (Lipinski definition) is 6. The van der Waals surface area contributed by atoms with Crippen LogP contribution in [0.15, 0.2) is 36.7 Å². The summed E-state index contributed by atoms with van der Waals surface area (Å²) in [6, 6.07) is 10.5.